The van der Waals surface area contributed by atoms with Gasteiger partial charge < -0.3 is 5.73 Å². The van der Waals surface area contributed by atoms with E-state index in [1.165, 1.54) is 6.07 Å². The fraction of sp³-hybridized carbons (Fsp3) is 0.571. The fourth-order valence-corrected chi connectivity index (χ4v) is 2.03. The van der Waals surface area contributed by atoms with E-state index in [4.69, 9.17) is 5.73 Å². The standard InChI is InChI=1S/C14H23FN2/c1-11(7-6-10-16)17(3)12(2)13-8-4-5-9-14(13)15/h4-5,8-9,11-12H,6-7,10,16H2,1-3H3. The van der Waals surface area contributed by atoms with Crippen LogP contribution in [-0.4, -0.2) is 24.5 Å². The summed E-state index contributed by atoms with van der Waals surface area (Å²) in [5, 5.41) is 0. The minimum Gasteiger partial charge on any atom is -0.330 e. The van der Waals surface area contributed by atoms with Crippen LogP contribution in [0.4, 0.5) is 4.39 Å². The second kappa shape index (κ2) is 6.72. The Morgan fingerprint density at radius 3 is 2.53 bits per heavy atom. The maximum Gasteiger partial charge on any atom is 0.127 e. The zero-order valence-electron chi connectivity index (χ0n) is 11.0. The molecule has 0 amide bonds. The number of halogens is 1. The molecule has 0 radical (unpaired) electrons. The van der Waals surface area contributed by atoms with Crippen LogP contribution in [0.3, 0.4) is 0 Å². The Balaban J connectivity index is 2.69. The van der Waals surface area contributed by atoms with Crippen LogP contribution in [0.15, 0.2) is 24.3 Å². The van der Waals surface area contributed by atoms with Crippen molar-refractivity contribution in [2.75, 3.05) is 13.6 Å². The minimum absolute atomic E-state index is 0.0870. The highest BCUT2D eigenvalue weighted by Gasteiger charge is 2.19. The fourth-order valence-electron chi connectivity index (χ4n) is 2.03. The highest BCUT2D eigenvalue weighted by Crippen LogP contribution is 2.24. The van der Waals surface area contributed by atoms with Crippen LogP contribution in [-0.2, 0) is 0 Å². The highest BCUT2D eigenvalue weighted by molar-refractivity contribution is 5.20. The molecule has 0 aliphatic rings. The summed E-state index contributed by atoms with van der Waals surface area (Å²) in [6, 6.07) is 7.48. The molecule has 0 saturated heterocycles. The molecule has 1 aromatic rings. The van der Waals surface area contributed by atoms with E-state index in [0.717, 1.165) is 18.4 Å². The molecule has 2 atom stereocenters. The highest BCUT2D eigenvalue weighted by atomic mass is 19.1. The maximum absolute atomic E-state index is 13.7. The molecule has 96 valence electrons. The maximum atomic E-state index is 13.7. The predicted molar refractivity (Wildman–Crippen MR) is 70.3 cm³/mol. The van der Waals surface area contributed by atoms with Gasteiger partial charge in [-0.25, -0.2) is 4.39 Å². The number of nitrogens with zero attached hydrogens (tertiary/aromatic N) is 1. The largest absolute Gasteiger partial charge is 0.330 e. The summed E-state index contributed by atoms with van der Waals surface area (Å²) >= 11 is 0. The average Bonchev–Trinajstić information content (AvgIpc) is 2.34. The van der Waals surface area contributed by atoms with Crippen molar-refractivity contribution in [3.63, 3.8) is 0 Å². The van der Waals surface area contributed by atoms with E-state index < -0.39 is 0 Å². The lowest BCUT2D eigenvalue weighted by atomic mass is 10.0. The third kappa shape index (κ3) is 3.79. The monoisotopic (exact) mass is 238 g/mol. The van der Waals surface area contributed by atoms with Crippen molar-refractivity contribution in [1.29, 1.82) is 0 Å². The van der Waals surface area contributed by atoms with Crippen LogP contribution in [0.2, 0.25) is 0 Å². The van der Waals surface area contributed by atoms with E-state index >= 15 is 0 Å². The molecular weight excluding hydrogens is 215 g/mol. The molecule has 0 saturated carbocycles. The predicted octanol–water partition coefficient (Wildman–Crippen LogP) is 2.95. The van der Waals surface area contributed by atoms with Gasteiger partial charge >= 0.3 is 0 Å². The Morgan fingerprint density at radius 1 is 1.29 bits per heavy atom. The lowest BCUT2D eigenvalue weighted by Crippen LogP contribution is -2.32. The number of hydrogen-bond acceptors (Lipinski definition) is 2. The molecule has 0 aromatic heterocycles. The molecule has 0 bridgehead atoms. The van der Waals surface area contributed by atoms with Gasteiger partial charge in [0.05, 0.1) is 0 Å². The summed E-state index contributed by atoms with van der Waals surface area (Å²) in [5.74, 6) is -0.127. The molecule has 17 heavy (non-hydrogen) atoms. The summed E-state index contributed by atoms with van der Waals surface area (Å²) in [6.07, 6.45) is 2.06. The molecule has 2 N–H and O–H groups in total. The number of benzene rings is 1. The van der Waals surface area contributed by atoms with Gasteiger partial charge in [-0.2, -0.15) is 0 Å². The van der Waals surface area contributed by atoms with Gasteiger partial charge in [-0.3, -0.25) is 4.90 Å². The molecule has 0 aliphatic carbocycles. The van der Waals surface area contributed by atoms with Gasteiger partial charge in [0, 0.05) is 17.6 Å². The minimum atomic E-state index is -0.127. The summed E-state index contributed by atoms with van der Waals surface area (Å²) in [6.45, 7) is 4.91. The Labute approximate surface area is 104 Å². The molecule has 0 spiro atoms. The van der Waals surface area contributed by atoms with Crippen LogP contribution in [0.25, 0.3) is 0 Å². The SMILES string of the molecule is CC(CCCN)N(C)C(C)c1ccccc1F. The molecular formula is C14H23FN2. The lowest BCUT2D eigenvalue weighted by Gasteiger charge is -2.31. The smallest absolute Gasteiger partial charge is 0.127 e. The van der Waals surface area contributed by atoms with Crippen LogP contribution in [0.5, 0.6) is 0 Å². The Morgan fingerprint density at radius 2 is 1.94 bits per heavy atom. The second-order valence-corrected chi connectivity index (χ2v) is 4.64. The topological polar surface area (TPSA) is 29.3 Å². The summed E-state index contributed by atoms with van der Waals surface area (Å²) in [5.41, 5.74) is 6.27. The van der Waals surface area contributed by atoms with Gasteiger partial charge in [0.2, 0.25) is 0 Å². The third-order valence-electron chi connectivity index (χ3n) is 3.49. The zero-order valence-corrected chi connectivity index (χ0v) is 11.0. The van der Waals surface area contributed by atoms with Crippen molar-refractivity contribution in [2.45, 2.75) is 38.8 Å². The number of nitrogens with two attached hydrogens (primary N) is 1. The van der Waals surface area contributed by atoms with Crippen molar-refractivity contribution >= 4 is 0 Å². The van der Waals surface area contributed by atoms with Crippen LogP contribution in [0, 0.1) is 5.82 Å². The van der Waals surface area contributed by atoms with Gasteiger partial charge in [-0.15, -0.1) is 0 Å². The molecule has 0 fully saturated rings. The average molecular weight is 238 g/mol. The van der Waals surface area contributed by atoms with Crippen LogP contribution in [0.1, 0.15) is 38.3 Å². The van der Waals surface area contributed by atoms with Crippen molar-refractivity contribution in [3.8, 4) is 0 Å². The van der Waals surface area contributed by atoms with Gasteiger partial charge in [-0.05, 0) is 46.3 Å². The van der Waals surface area contributed by atoms with Gasteiger partial charge in [-0.1, -0.05) is 18.2 Å². The molecule has 1 rings (SSSR count). The molecule has 0 heterocycles. The van der Waals surface area contributed by atoms with Gasteiger partial charge in [0.25, 0.3) is 0 Å². The van der Waals surface area contributed by atoms with Gasteiger partial charge in [0.1, 0.15) is 5.82 Å². The van der Waals surface area contributed by atoms with E-state index in [-0.39, 0.29) is 11.9 Å². The van der Waals surface area contributed by atoms with Crippen LogP contribution < -0.4 is 5.73 Å². The van der Waals surface area contributed by atoms with E-state index in [1.807, 2.05) is 26.1 Å². The first kappa shape index (κ1) is 14.1. The van der Waals surface area contributed by atoms with Crippen molar-refractivity contribution in [2.24, 2.45) is 5.73 Å². The molecule has 1 aromatic carbocycles. The zero-order chi connectivity index (χ0) is 12.8. The summed E-state index contributed by atoms with van der Waals surface area (Å²) < 4.78 is 13.7. The van der Waals surface area contributed by atoms with E-state index in [2.05, 4.69) is 11.8 Å². The van der Waals surface area contributed by atoms with Crippen molar-refractivity contribution in [3.05, 3.63) is 35.6 Å². The molecule has 2 unspecified atom stereocenters. The van der Waals surface area contributed by atoms with E-state index in [9.17, 15) is 4.39 Å². The summed E-state index contributed by atoms with van der Waals surface area (Å²) in [4.78, 5) is 2.20. The molecule has 0 aliphatic heterocycles. The first-order valence-electron chi connectivity index (χ1n) is 6.24. The van der Waals surface area contributed by atoms with Crippen molar-refractivity contribution < 1.29 is 4.39 Å². The number of hydrogen-bond donors (Lipinski definition) is 1. The Hall–Kier alpha value is -0.930. The first-order chi connectivity index (χ1) is 8.07. The van der Waals surface area contributed by atoms with Crippen molar-refractivity contribution in [1.82, 2.24) is 4.90 Å². The lowest BCUT2D eigenvalue weighted by molar-refractivity contribution is 0.184. The Kier molecular flexibility index (Phi) is 5.59. The van der Waals surface area contributed by atoms with Gasteiger partial charge in [0.15, 0.2) is 0 Å². The molecule has 3 heteroatoms. The third-order valence-corrected chi connectivity index (χ3v) is 3.49. The summed E-state index contributed by atoms with van der Waals surface area (Å²) in [7, 11) is 2.04. The Bertz CT molecular complexity index is 341. The van der Waals surface area contributed by atoms with E-state index in [1.54, 1.807) is 6.07 Å². The van der Waals surface area contributed by atoms with E-state index in [0.29, 0.717) is 12.6 Å². The van der Waals surface area contributed by atoms with Crippen LogP contribution >= 0.6 is 0 Å². The molecule has 2 nitrogen and oxygen atoms in total. The normalized spacial score (nSPS) is 14.9. The number of rotatable bonds is 6. The first-order valence-corrected chi connectivity index (χ1v) is 6.24. The quantitative estimate of drug-likeness (QED) is 0.825. The second-order valence-electron chi connectivity index (χ2n) is 4.64.